The molecule has 0 aliphatic heterocycles. The van der Waals surface area contributed by atoms with Crippen molar-refractivity contribution in [2.75, 3.05) is 0 Å². The van der Waals surface area contributed by atoms with Gasteiger partial charge in [-0.2, -0.15) is 0 Å². The van der Waals surface area contributed by atoms with Gasteiger partial charge in [-0.05, 0) is 39.7 Å². The maximum atomic E-state index is 6.20. The Morgan fingerprint density at radius 1 is 1.31 bits per heavy atom. The van der Waals surface area contributed by atoms with E-state index >= 15 is 0 Å². The summed E-state index contributed by atoms with van der Waals surface area (Å²) >= 11 is 9.58. The number of nitrogens with two attached hydrogens (primary N) is 1. The van der Waals surface area contributed by atoms with Gasteiger partial charge in [0.15, 0.2) is 0 Å². The molecule has 0 saturated carbocycles. The van der Waals surface area contributed by atoms with Crippen molar-refractivity contribution >= 4 is 27.5 Å². The zero-order valence-corrected chi connectivity index (χ0v) is 10.6. The van der Waals surface area contributed by atoms with E-state index in [9.17, 15) is 0 Å². The van der Waals surface area contributed by atoms with Crippen LogP contribution >= 0.6 is 27.5 Å². The molecule has 16 heavy (non-hydrogen) atoms. The topological polar surface area (TPSA) is 51.2 Å². The summed E-state index contributed by atoms with van der Waals surface area (Å²) in [6.45, 7) is 0. The standard InChI is InChI=1S/C11H10BrClN2O/c12-8-4-1-3-7(10(8)13)11(15-14)9-5-2-6-16-9/h1-6,11,15H,14H2. The Balaban J connectivity index is 2.45. The van der Waals surface area contributed by atoms with Gasteiger partial charge >= 0.3 is 0 Å². The quantitative estimate of drug-likeness (QED) is 0.676. The third-order valence-corrected chi connectivity index (χ3v) is 3.60. The van der Waals surface area contributed by atoms with Gasteiger partial charge in [-0.1, -0.05) is 23.7 Å². The van der Waals surface area contributed by atoms with Crippen LogP contribution in [-0.4, -0.2) is 0 Å². The SMILES string of the molecule is NNC(c1ccco1)c1cccc(Br)c1Cl. The van der Waals surface area contributed by atoms with Crippen LogP contribution in [0.5, 0.6) is 0 Å². The summed E-state index contributed by atoms with van der Waals surface area (Å²) in [5, 5.41) is 0.627. The number of halogens is 2. The van der Waals surface area contributed by atoms with Crippen molar-refractivity contribution in [2.45, 2.75) is 6.04 Å². The van der Waals surface area contributed by atoms with Gasteiger partial charge in [-0.15, -0.1) is 0 Å². The van der Waals surface area contributed by atoms with Gasteiger partial charge in [0.2, 0.25) is 0 Å². The highest BCUT2D eigenvalue weighted by molar-refractivity contribution is 9.10. The first kappa shape index (κ1) is 11.7. The Kier molecular flexibility index (Phi) is 3.66. The summed E-state index contributed by atoms with van der Waals surface area (Å²) in [5.41, 5.74) is 3.56. The fourth-order valence-corrected chi connectivity index (χ4v) is 2.14. The number of nitrogens with one attached hydrogen (secondary N) is 1. The Labute approximate surface area is 107 Å². The predicted molar refractivity (Wildman–Crippen MR) is 67.0 cm³/mol. The van der Waals surface area contributed by atoms with E-state index in [-0.39, 0.29) is 6.04 Å². The number of furan rings is 1. The van der Waals surface area contributed by atoms with E-state index in [0.717, 1.165) is 15.8 Å². The normalized spacial score (nSPS) is 12.7. The summed E-state index contributed by atoms with van der Waals surface area (Å²) in [6.07, 6.45) is 1.60. The van der Waals surface area contributed by atoms with E-state index in [2.05, 4.69) is 21.4 Å². The monoisotopic (exact) mass is 300 g/mol. The summed E-state index contributed by atoms with van der Waals surface area (Å²) in [7, 11) is 0. The fraction of sp³-hybridized carbons (Fsp3) is 0.0909. The summed E-state index contributed by atoms with van der Waals surface area (Å²) in [6, 6.07) is 9.09. The number of benzene rings is 1. The minimum absolute atomic E-state index is 0.250. The Morgan fingerprint density at radius 2 is 2.12 bits per heavy atom. The lowest BCUT2D eigenvalue weighted by atomic mass is 10.1. The van der Waals surface area contributed by atoms with Gasteiger partial charge in [0.05, 0.1) is 11.3 Å². The molecule has 0 fully saturated rings. The van der Waals surface area contributed by atoms with Crippen LogP contribution in [0.1, 0.15) is 17.4 Å². The molecule has 3 N–H and O–H groups in total. The van der Waals surface area contributed by atoms with E-state index in [1.54, 1.807) is 6.26 Å². The number of hydrogen-bond acceptors (Lipinski definition) is 3. The van der Waals surface area contributed by atoms with Gasteiger partial charge in [-0.3, -0.25) is 5.84 Å². The zero-order valence-electron chi connectivity index (χ0n) is 8.28. The molecular formula is C11H10BrClN2O. The lowest BCUT2D eigenvalue weighted by Gasteiger charge is -2.15. The molecule has 1 atom stereocenters. The molecule has 0 aliphatic carbocycles. The van der Waals surface area contributed by atoms with Gasteiger partial charge in [0.25, 0.3) is 0 Å². The van der Waals surface area contributed by atoms with Crippen LogP contribution in [0.4, 0.5) is 0 Å². The molecule has 0 amide bonds. The lowest BCUT2D eigenvalue weighted by Crippen LogP contribution is -2.28. The zero-order chi connectivity index (χ0) is 11.5. The van der Waals surface area contributed by atoms with E-state index in [4.69, 9.17) is 21.9 Å². The lowest BCUT2D eigenvalue weighted by molar-refractivity contribution is 0.452. The van der Waals surface area contributed by atoms with Gasteiger partial charge < -0.3 is 4.42 Å². The average molecular weight is 302 g/mol. The molecule has 2 rings (SSSR count). The highest BCUT2D eigenvalue weighted by Gasteiger charge is 2.18. The van der Waals surface area contributed by atoms with Crippen LogP contribution in [0.2, 0.25) is 5.02 Å². The van der Waals surface area contributed by atoms with Crippen molar-refractivity contribution in [1.82, 2.24) is 5.43 Å². The van der Waals surface area contributed by atoms with Crippen LogP contribution in [0.3, 0.4) is 0 Å². The van der Waals surface area contributed by atoms with Crippen LogP contribution in [0.15, 0.2) is 45.5 Å². The van der Waals surface area contributed by atoms with Crippen molar-refractivity contribution in [3.63, 3.8) is 0 Å². The first-order valence-corrected chi connectivity index (χ1v) is 5.84. The third kappa shape index (κ3) is 2.15. The highest BCUT2D eigenvalue weighted by atomic mass is 79.9. The number of rotatable bonds is 3. The Bertz CT molecular complexity index is 473. The second-order valence-electron chi connectivity index (χ2n) is 3.26. The van der Waals surface area contributed by atoms with E-state index in [1.165, 1.54) is 0 Å². The molecule has 3 nitrogen and oxygen atoms in total. The molecule has 0 spiro atoms. The molecule has 1 aromatic heterocycles. The van der Waals surface area contributed by atoms with Gasteiger partial charge in [-0.25, -0.2) is 5.43 Å². The van der Waals surface area contributed by atoms with E-state index in [0.29, 0.717) is 5.02 Å². The van der Waals surface area contributed by atoms with Crippen LogP contribution in [0, 0.1) is 0 Å². The summed E-state index contributed by atoms with van der Waals surface area (Å²) < 4.78 is 6.15. The van der Waals surface area contributed by atoms with Crippen molar-refractivity contribution in [1.29, 1.82) is 0 Å². The van der Waals surface area contributed by atoms with Gasteiger partial charge in [0, 0.05) is 4.47 Å². The molecule has 1 aromatic carbocycles. The van der Waals surface area contributed by atoms with Gasteiger partial charge in [0.1, 0.15) is 11.8 Å². The van der Waals surface area contributed by atoms with Crippen molar-refractivity contribution in [2.24, 2.45) is 5.84 Å². The third-order valence-electron chi connectivity index (χ3n) is 2.29. The molecule has 2 aromatic rings. The van der Waals surface area contributed by atoms with E-state index in [1.807, 2.05) is 30.3 Å². The molecule has 0 radical (unpaired) electrons. The molecule has 1 unspecified atom stereocenters. The first-order chi connectivity index (χ1) is 7.74. The second-order valence-corrected chi connectivity index (χ2v) is 4.49. The minimum Gasteiger partial charge on any atom is -0.467 e. The smallest absolute Gasteiger partial charge is 0.126 e. The summed E-state index contributed by atoms with van der Waals surface area (Å²) in [4.78, 5) is 0. The molecule has 0 bridgehead atoms. The summed E-state index contributed by atoms with van der Waals surface area (Å²) in [5.74, 6) is 6.26. The average Bonchev–Trinajstić information content (AvgIpc) is 2.79. The Morgan fingerprint density at radius 3 is 2.75 bits per heavy atom. The largest absolute Gasteiger partial charge is 0.467 e. The molecule has 5 heteroatoms. The van der Waals surface area contributed by atoms with Crippen LogP contribution < -0.4 is 11.3 Å². The Hall–Kier alpha value is -0.810. The predicted octanol–water partition coefficient (Wildman–Crippen LogP) is 3.25. The van der Waals surface area contributed by atoms with Crippen molar-refractivity contribution < 1.29 is 4.42 Å². The van der Waals surface area contributed by atoms with Crippen LogP contribution in [0.25, 0.3) is 0 Å². The first-order valence-electron chi connectivity index (χ1n) is 4.67. The number of hydrogen-bond donors (Lipinski definition) is 2. The van der Waals surface area contributed by atoms with Crippen LogP contribution in [-0.2, 0) is 0 Å². The fourth-order valence-electron chi connectivity index (χ4n) is 1.52. The van der Waals surface area contributed by atoms with Crippen molar-refractivity contribution in [3.8, 4) is 0 Å². The van der Waals surface area contributed by atoms with Crippen molar-refractivity contribution in [3.05, 3.63) is 57.4 Å². The molecule has 0 saturated heterocycles. The number of hydrazine groups is 1. The molecule has 84 valence electrons. The maximum Gasteiger partial charge on any atom is 0.126 e. The van der Waals surface area contributed by atoms with E-state index < -0.39 is 0 Å². The molecule has 0 aliphatic rings. The highest BCUT2D eigenvalue weighted by Crippen LogP contribution is 2.32. The maximum absolute atomic E-state index is 6.20. The molecular weight excluding hydrogens is 291 g/mol. The second kappa shape index (κ2) is 5.01. The minimum atomic E-state index is -0.250. The molecule has 1 heterocycles.